The Hall–Kier alpha value is -3.54. The second-order valence-electron chi connectivity index (χ2n) is 6.41. The summed E-state index contributed by atoms with van der Waals surface area (Å²) in [6.45, 7) is 3.97. The summed E-state index contributed by atoms with van der Waals surface area (Å²) >= 11 is 0. The van der Waals surface area contributed by atoms with Crippen LogP contribution in [0.15, 0.2) is 65.9 Å². The summed E-state index contributed by atoms with van der Waals surface area (Å²) in [5.41, 5.74) is 6.41. The van der Waals surface area contributed by atoms with Gasteiger partial charge in [0, 0.05) is 11.9 Å². The van der Waals surface area contributed by atoms with Crippen LogP contribution in [0.2, 0.25) is 0 Å². The van der Waals surface area contributed by atoms with Gasteiger partial charge in [-0.2, -0.15) is 5.10 Å². The van der Waals surface area contributed by atoms with Gasteiger partial charge in [0.25, 0.3) is 5.91 Å². The van der Waals surface area contributed by atoms with Crippen molar-refractivity contribution in [3.8, 4) is 17.2 Å². The smallest absolute Gasteiger partial charge is 0.277 e. The van der Waals surface area contributed by atoms with Crippen molar-refractivity contribution in [2.45, 2.75) is 20.3 Å². The number of rotatable bonds is 7. The normalized spacial score (nSPS) is 10.9. The molecule has 0 saturated heterocycles. The summed E-state index contributed by atoms with van der Waals surface area (Å²) in [6, 6.07) is 16.5. The number of carbonyl (C=O) groups excluding carboxylic acids is 1. The summed E-state index contributed by atoms with van der Waals surface area (Å²) in [7, 11) is 0. The third-order valence-electron chi connectivity index (χ3n) is 4.18. The van der Waals surface area contributed by atoms with E-state index >= 15 is 0 Å². The first kappa shape index (κ1) is 19.2. The highest BCUT2D eigenvalue weighted by Crippen LogP contribution is 2.17. The van der Waals surface area contributed by atoms with Gasteiger partial charge in [0.05, 0.1) is 11.9 Å². The molecule has 0 bridgehead atoms. The molecule has 2 N–H and O–H groups in total. The van der Waals surface area contributed by atoms with Crippen molar-refractivity contribution >= 4 is 12.1 Å². The van der Waals surface area contributed by atoms with Crippen LogP contribution in [-0.4, -0.2) is 28.4 Å². The number of aromatic hydroxyl groups is 1. The van der Waals surface area contributed by atoms with Crippen LogP contribution in [0.4, 0.5) is 0 Å². The zero-order valence-electron chi connectivity index (χ0n) is 15.9. The first-order chi connectivity index (χ1) is 13.5. The van der Waals surface area contributed by atoms with Gasteiger partial charge in [-0.1, -0.05) is 13.0 Å². The molecule has 144 valence electrons. The number of hydrogen-bond donors (Lipinski definition) is 2. The number of nitrogens with zero attached hydrogens (tertiary/aromatic N) is 2. The molecule has 0 saturated carbocycles. The van der Waals surface area contributed by atoms with Crippen molar-refractivity contribution in [2.75, 3.05) is 6.61 Å². The lowest BCUT2D eigenvalue weighted by atomic mass is 10.1. The van der Waals surface area contributed by atoms with Crippen molar-refractivity contribution < 1.29 is 14.6 Å². The number of hydrogen-bond acceptors (Lipinski definition) is 4. The molecule has 28 heavy (non-hydrogen) atoms. The lowest BCUT2D eigenvalue weighted by molar-refractivity contribution is -0.123. The first-order valence-electron chi connectivity index (χ1n) is 9.07. The molecule has 0 aliphatic heterocycles. The SMILES string of the molecule is CCc1cc(C)cc(OCC(=O)N/N=C/c2cccn2-c2ccc(O)cc2)c1. The number of hydrazone groups is 1. The van der Waals surface area contributed by atoms with Crippen molar-refractivity contribution in [2.24, 2.45) is 5.10 Å². The highest BCUT2D eigenvalue weighted by Gasteiger charge is 2.05. The van der Waals surface area contributed by atoms with Crippen molar-refractivity contribution in [3.05, 3.63) is 77.6 Å². The Morgan fingerprint density at radius 2 is 2.00 bits per heavy atom. The molecule has 0 atom stereocenters. The molecule has 0 aliphatic rings. The average molecular weight is 377 g/mol. The quantitative estimate of drug-likeness (QED) is 0.488. The molecule has 0 aliphatic carbocycles. The van der Waals surface area contributed by atoms with Gasteiger partial charge in [-0.05, 0) is 73.0 Å². The average Bonchev–Trinajstić information content (AvgIpc) is 3.15. The van der Waals surface area contributed by atoms with Gasteiger partial charge in [-0.3, -0.25) is 4.79 Å². The van der Waals surface area contributed by atoms with E-state index in [4.69, 9.17) is 4.74 Å². The number of carbonyl (C=O) groups is 1. The number of phenolic OH excluding ortho intramolecular Hbond substituents is 1. The van der Waals surface area contributed by atoms with Gasteiger partial charge in [0.15, 0.2) is 6.61 Å². The van der Waals surface area contributed by atoms with Crippen LogP contribution in [0.1, 0.15) is 23.7 Å². The molecule has 1 heterocycles. The lowest BCUT2D eigenvalue weighted by Gasteiger charge is -2.08. The highest BCUT2D eigenvalue weighted by atomic mass is 16.5. The van der Waals surface area contributed by atoms with Crippen LogP contribution in [0, 0.1) is 6.92 Å². The molecule has 3 aromatic rings. The molecule has 1 amide bonds. The largest absolute Gasteiger partial charge is 0.508 e. The molecule has 6 nitrogen and oxygen atoms in total. The number of phenols is 1. The van der Waals surface area contributed by atoms with E-state index in [-0.39, 0.29) is 18.3 Å². The van der Waals surface area contributed by atoms with Crippen LogP contribution in [0.25, 0.3) is 5.69 Å². The molecular weight excluding hydrogens is 354 g/mol. The van der Waals surface area contributed by atoms with Crippen LogP contribution >= 0.6 is 0 Å². The number of aryl methyl sites for hydroxylation is 2. The maximum Gasteiger partial charge on any atom is 0.277 e. The molecular formula is C22H23N3O3. The fourth-order valence-corrected chi connectivity index (χ4v) is 2.81. The van der Waals surface area contributed by atoms with E-state index < -0.39 is 0 Å². The Morgan fingerprint density at radius 3 is 2.75 bits per heavy atom. The number of aromatic nitrogens is 1. The van der Waals surface area contributed by atoms with E-state index in [1.807, 2.05) is 42.0 Å². The van der Waals surface area contributed by atoms with E-state index in [9.17, 15) is 9.90 Å². The topological polar surface area (TPSA) is 75.8 Å². The van der Waals surface area contributed by atoms with Crippen LogP contribution in [0.3, 0.4) is 0 Å². The molecule has 6 heteroatoms. The van der Waals surface area contributed by atoms with Crippen LogP contribution < -0.4 is 10.2 Å². The Kier molecular flexibility index (Phi) is 6.11. The van der Waals surface area contributed by atoms with Crippen molar-refractivity contribution in [1.29, 1.82) is 0 Å². The maximum absolute atomic E-state index is 12.0. The lowest BCUT2D eigenvalue weighted by Crippen LogP contribution is -2.24. The summed E-state index contributed by atoms with van der Waals surface area (Å²) in [5.74, 6) is 0.550. The Labute approximate surface area is 164 Å². The minimum atomic E-state index is -0.335. The van der Waals surface area contributed by atoms with E-state index in [1.54, 1.807) is 30.5 Å². The van der Waals surface area contributed by atoms with E-state index in [1.165, 1.54) is 5.56 Å². The Morgan fingerprint density at radius 1 is 1.21 bits per heavy atom. The highest BCUT2D eigenvalue weighted by molar-refractivity contribution is 5.82. The summed E-state index contributed by atoms with van der Waals surface area (Å²) < 4.78 is 7.46. The Balaban J connectivity index is 1.57. The predicted octanol–water partition coefficient (Wildman–Crippen LogP) is 3.58. The zero-order chi connectivity index (χ0) is 19.9. The van der Waals surface area contributed by atoms with Gasteiger partial charge in [0.2, 0.25) is 0 Å². The second-order valence-corrected chi connectivity index (χ2v) is 6.41. The molecule has 0 spiro atoms. The summed E-state index contributed by atoms with van der Waals surface area (Å²) in [5, 5.41) is 13.4. The third-order valence-corrected chi connectivity index (χ3v) is 4.18. The first-order valence-corrected chi connectivity index (χ1v) is 9.07. The Bertz CT molecular complexity index is 975. The number of nitrogens with one attached hydrogen (secondary N) is 1. The number of benzene rings is 2. The van der Waals surface area contributed by atoms with Crippen molar-refractivity contribution in [3.63, 3.8) is 0 Å². The van der Waals surface area contributed by atoms with Gasteiger partial charge >= 0.3 is 0 Å². The minimum absolute atomic E-state index is 0.108. The summed E-state index contributed by atoms with van der Waals surface area (Å²) in [4.78, 5) is 12.0. The van der Waals surface area contributed by atoms with Gasteiger partial charge < -0.3 is 14.4 Å². The van der Waals surface area contributed by atoms with Gasteiger partial charge in [0.1, 0.15) is 11.5 Å². The molecule has 0 fully saturated rings. The minimum Gasteiger partial charge on any atom is -0.508 e. The fourth-order valence-electron chi connectivity index (χ4n) is 2.81. The van der Waals surface area contributed by atoms with E-state index in [2.05, 4.69) is 23.5 Å². The van der Waals surface area contributed by atoms with E-state index in [0.29, 0.717) is 5.75 Å². The van der Waals surface area contributed by atoms with E-state index in [0.717, 1.165) is 23.4 Å². The molecule has 3 rings (SSSR count). The molecule has 2 aromatic carbocycles. The monoisotopic (exact) mass is 377 g/mol. The van der Waals surface area contributed by atoms with Crippen molar-refractivity contribution in [1.82, 2.24) is 9.99 Å². The summed E-state index contributed by atoms with van der Waals surface area (Å²) in [6.07, 6.45) is 4.35. The fraction of sp³-hybridized carbons (Fsp3) is 0.182. The standard InChI is InChI=1S/C22H23N3O3/c1-3-17-11-16(2)12-21(13-17)28-15-22(27)24-23-14-19-5-4-10-25(19)18-6-8-20(26)9-7-18/h4-14,26H,3,15H2,1-2H3,(H,24,27)/b23-14+. The van der Waals surface area contributed by atoms with Gasteiger partial charge in [-0.15, -0.1) is 0 Å². The zero-order valence-corrected chi connectivity index (χ0v) is 15.9. The second kappa shape index (κ2) is 8.90. The number of amides is 1. The predicted molar refractivity (Wildman–Crippen MR) is 109 cm³/mol. The molecule has 0 radical (unpaired) electrons. The van der Waals surface area contributed by atoms with Crippen LogP contribution in [-0.2, 0) is 11.2 Å². The molecule has 0 unspecified atom stereocenters. The van der Waals surface area contributed by atoms with Gasteiger partial charge in [-0.25, -0.2) is 5.43 Å². The molecule has 1 aromatic heterocycles. The maximum atomic E-state index is 12.0. The van der Waals surface area contributed by atoms with Crippen LogP contribution in [0.5, 0.6) is 11.5 Å². The third kappa shape index (κ3) is 5.01. The number of ether oxygens (including phenoxy) is 1.